The van der Waals surface area contributed by atoms with Gasteiger partial charge in [-0.25, -0.2) is 0 Å². The summed E-state index contributed by atoms with van der Waals surface area (Å²) in [7, 11) is 4.76. The minimum atomic E-state index is -0.922. The van der Waals surface area contributed by atoms with E-state index in [2.05, 4.69) is 0 Å². The summed E-state index contributed by atoms with van der Waals surface area (Å²) in [6.45, 7) is 2.24. The second-order valence-corrected chi connectivity index (χ2v) is 9.10. The van der Waals surface area contributed by atoms with Gasteiger partial charge in [0.05, 0.1) is 32.8 Å². The maximum Gasteiger partial charge on any atom is 0.309 e. The molecule has 2 aromatic rings. The number of hydrogen-bond donors (Lipinski definition) is 1. The average Bonchev–Trinajstić information content (AvgIpc) is 3.53. The number of benzene rings is 2. The van der Waals surface area contributed by atoms with Crippen molar-refractivity contribution in [3.63, 3.8) is 0 Å². The van der Waals surface area contributed by atoms with Crippen molar-refractivity contribution in [2.45, 2.75) is 12.0 Å². The molecule has 0 aliphatic carbocycles. The lowest BCUT2D eigenvalue weighted by Gasteiger charge is -2.30. The molecule has 200 valence electrons. The molecule has 3 unspecified atom stereocenters. The molecule has 1 fully saturated rings. The smallest absolute Gasteiger partial charge is 0.309 e. The van der Waals surface area contributed by atoms with E-state index >= 15 is 0 Å². The first-order chi connectivity index (χ1) is 18.0. The normalized spacial score (nSPS) is 20.7. The van der Waals surface area contributed by atoms with Gasteiger partial charge in [-0.3, -0.25) is 14.5 Å². The first-order valence-corrected chi connectivity index (χ1v) is 12.2. The van der Waals surface area contributed by atoms with Crippen molar-refractivity contribution in [1.82, 2.24) is 9.80 Å². The summed E-state index contributed by atoms with van der Waals surface area (Å²) in [5.41, 5.74) is 1.64. The van der Waals surface area contributed by atoms with E-state index in [1.54, 1.807) is 26.2 Å². The van der Waals surface area contributed by atoms with Crippen molar-refractivity contribution in [3.8, 4) is 17.2 Å². The number of carbonyl (C=O) groups is 2. The van der Waals surface area contributed by atoms with Crippen molar-refractivity contribution >= 4 is 11.9 Å². The third-order valence-electron chi connectivity index (χ3n) is 6.99. The van der Waals surface area contributed by atoms with Crippen LogP contribution in [0.1, 0.15) is 23.1 Å². The zero-order valence-corrected chi connectivity index (χ0v) is 21.4. The summed E-state index contributed by atoms with van der Waals surface area (Å²) < 4.78 is 26.6. The molecule has 4 rings (SSSR count). The highest BCUT2D eigenvalue weighted by Gasteiger charge is 2.48. The Kier molecular flexibility index (Phi) is 8.86. The summed E-state index contributed by atoms with van der Waals surface area (Å²) in [5.74, 6) is -0.265. The SMILES string of the molecule is COCCN(CCOC)C(=O)CN1CC(c2ccc3c(c2)OCO3)C(C(=O)O)C1c1ccc(OC)cc1. The lowest BCUT2D eigenvalue weighted by Crippen LogP contribution is -2.43. The van der Waals surface area contributed by atoms with E-state index in [0.717, 1.165) is 11.1 Å². The van der Waals surface area contributed by atoms with Crippen LogP contribution in [-0.4, -0.2) is 94.3 Å². The number of carboxylic acids is 1. The standard InChI is InChI=1S/C27H34N2O8/c1-33-12-10-28(11-13-34-2)24(30)16-29-15-21(19-6-9-22-23(14-19)37-17-36-22)25(27(31)32)26(29)18-4-7-20(35-3)8-5-18/h4-9,14,21,25-26H,10-13,15-17H2,1-3H3,(H,31,32). The average molecular weight is 515 g/mol. The molecule has 10 nitrogen and oxygen atoms in total. The zero-order chi connectivity index (χ0) is 26.4. The van der Waals surface area contributed by atoms with Gasteiger partial charge >= 0.3 is 5.97 Å². The molecule has 0 aromatic heterocycles. The lowest BCUT2D eigenvalue weighted by molar-refractivity contribution is -0.144. The molecule has 0 saturated carbocycles. The van der Waals surface area contributed by atoms with Crippen LogP contribution in [0, 0.1) is 5.92 Å². The number of ether oxygens (including phenoxy) is 5. The summed E-state index contributed by atoms with van der Waals surface area (Å²) >= 11 is 0. The number of amides is 1. The number of carboxylic acid groups (broad SMARTS) is 1. The predicted molar refractivity (Wildman–Crippen MR) is 134 cm³/mol. The first-order valence-electron chi connectivity index (χ1n) is 12.2. The number of rotatable bonds is 12. The third-order valence-corrected chi connectivity index (χ3v) is 6.99. The van der Waals surface area contributed by atoms with Crippen molar-refractivity contribution < 1.29 is 38.4 Å². The Morgan fingerprint density at radius 1 is 0.973 bits per heavy atom. The topological polar surface area (TPSA) is 107 Å². The molecule has 1 N–H and O–H groups in total. The minimum Gasteiger partial charge on any atom is -0.497 e. The van der Waals surface area contributed by atoms with Crippen LogP contribution < -0.4 is 14.2 Å². The monoisotopic (exact) mass is 514 g/mol. The van der Waals surface area contributed by atoms with Crippen molar-refractivity contribution in [1.29, 1.82) is 0 Å². The number of carbonyl (C=O) groups excluding carboxylic acids is 1. The largest absolute Gasteiger partial charge is 0.497 e. The molecule has 0 bridgehead atoms. The van der Waals surface area contributed by atoms with Crippen LogP contribution in [0.3, 0.4) is 0 Å². The third kappa shape index (κ3) is 5.98. The molecule has 0 spiro atoms. The number of hydrogen-bond acceptors (Lipinski definition) is 8. The fourth-order valence-corrected chi connectivity index (χ4v) is 5.11. The van der Waals surface area contributed by atoms with Gasteiger partial charge in [0.2, 0.25) is 12.7 Å². The molecule has 37 heavy (non-hydrogen) atoms. The first kappa shape index (κ1) is 26.7. The van der Waals surface area contributed by atoms with Gasteiger partial charge in [-0.05, 0) is 35.4 Å². The number of nitrogens with zero attached hydrogens (tertiary/aromatic N) is 2. The highest BCUT2D eigenvalue weighted by molar-refractivity contribution is 5.79. The van der Waals surface area contributed by atoms with Crippen LogP contribution in [0.25, 0.3) is 0 Å². The van der Waals surface area contributed by atoms with E-state index < -0.39 is 17.9 Å². The maximum absolute atomic E-state index is 13.4. The van der Waals surface area contributed by atoms with E-state index in [1.807, 2.05) is 47.4 Å². The number of fused-ring (bicyclic) bond motifs is 1. The quantitative estimate of drug-likeness (QED) is 0.457. The van der Waals surface area contributed by atoms with E-state index in [1.165, 1.54) is 0 Å². The van der Waals surface area contributed by atoms with Gasteiger partial charge in [0.15, 0.2) is 11.5 Å². The van der Waals surface area contributed by atoms with Crippen LogP contribution in [-0.2, 0) is 19.1 Å². The Balaban J connectivity index is 1.67. The van der Waals surface area contributed by atoms with Crippen molar-refractivity contribution in [2.24, 2.45) is 5.92 Å². The molecule has 2 aromatic carbocycles. The molecule has 10 heteroatoms. The Bertz CT molecular complexity index is 1070. The van der Waals surface area contributed by atoms with Gasteiger partial charge in [-0.2, -0.15) is 0 Å². The Morgan fingerprint density at radius 2 is 1.62 bits per heavy atom. The summed E-state index contributed by atoms with van der Waals surface area (Å²) in [5, 5.41) is 10.4. The van der Waals surface area contributed by atoms with Gasteiger partial charge in [-0.15, -0.1) is 0 Å². The molecule has 2 heterocycles. The molecule has 2 aliphatic heterocycles. The van der Waals surface area contributed by atoms with Gasteiger partial charge in [0.1, 0.15) is 5.75 Å². The fraction of sp³-hybridized carbons (Fsp3) is 0.481. The number of aliphatic carboxylic acids is 1. The lowest BCUT2D eigenvalue weighted by atomic mass is 9.82. The molecule has 3 atom stereocenters. The minimum absolute atomic E-state index is 0.0644. The molecule has 2 aliphatic rings. The second-order valence-electron chi connectivity index (χ2n) is 9.10. The highest BCUT2D eigenvalue weighted by atomic mass is 16.7. The van der Waals surface area contributed by atoms with Gasteiger partial charge in [-0.1, -0.05) is 18.2 Å². The van der Waals surface area contributed by atoms with E-state index in [0.29, 0.717) is 50.1 Å². The van der Waals surface area contributed by atoms with Crippen LogP contribution in [0.2, 0.25) is 0 Å². The Labute approximate surface area is 216 Å². The Morgan fingerprint density at radius 3 is 2.24 bits per heavy atom. The fourth-order valence-electron chi connectivity index (χ4n) is 5.11. The van der Waals surface area contributed by atoms with Crippen molar-refractivity contribution in [3.05, 3.63) is 53.6 Å². The van der Waals surface area contributed by atoms with Crippen LogP contribution in [0.15, 0.2) is 42.5 Å². The maximum atomic E-state index is 13.4. The van der Waals surface area contributed by atoms with Crippen LogP contribution >= 0.6 is 0 Å². The zero-order valence-electron chi connectivity index (χ0n) is 21.4. The van der Waals surface area contributed by atoms with Crippen LogP contribution in [0.4, 0.5) is 0 Å². The van der Waals surface area contributed by atoms with E-state index in [-0.39, 0.29) is 25.2 Å². The van der Waals surface area contributed by atoms with E-state index in [4.69, 9.17) is 23.7 Å². The van der Waals surface area contributed by atoms with Gasteiger partial charge < -0.3 is 33.7 Å². The summed E-state index contributed by atoms with van der Waals surface area (Å²) in [6, 6.07) is 12.4. The molecular weight excluding hydrogens is 480 g/mol. The summed E-state index contributed by atoms with van der Waals surface area (Å²) in [6.07, 6.45) is 0. The van der Waals surface area contributed by atoms with Crippen molar-refractivity contribution in [2.75, 3.05) is 67.5 Å². The number of likely N-dealkylation sites (tertiary alicyclic amines) is 1. The predicted octanol–water partition coefficient (Wildman–Crippen LogP) is 2.39. The van der Waals surface area contributed by atoms with Crippen LogP contribution in [0.5, 0.6) is 17.2 Å². The molecule has 0 radical (unpaired) electrons. The number of methoxy groups -OCH3 is 3. The van der Waals surface area contributed by atoms with E-state index in [9.17, 15) is 14.7 Å². The van der Waals surface area contributed by atoms with Gasteiger partial charge in [0, 0.05) is 45.8 Å². The highest BCUT2D eigenvalue weighted by Crippen LogP contribution is 2.47. The Hall–Kier alpha value is -3.34. The summed E-state index contributed by atoms with van der Waals surface area (Å²) in [4.78, 5) is 29.8. The van der Waals surface area contributed by atoms with Gasteiger partial charge in [0.25, 0.3) is 0 Å². The second kappa shape index (κ2) is 12.3. The molecular formula is C27H34N2O8. The molecule has 1 amide bonds. The molecule has 1 saturated heterocycles.